The molecule has 0 aromatic carbocycles. The number of rotatable bonds is 12. The van der Waals surface area contributed by atoms with E-state index < -0.39 is 60.8 Å². The molecule has 20 nitrogen and oxygen atoms in total. The highest BCUT2D eigenvalue weighted by Crippen LogP contribution is 2.34. The second-order valence-corrected chi connectivity index (χ2v) is 23.4. The summed E-state index contributed by atoms with van der Waals surface area (Å²) >= 11 is 27.1. The van der Waals surface area contributed by atoms with Crippen molar-refractivity contribution < 1.29 is 95.2 Å². The van der Waals surface area contributed by atoms with Gasteiger partial charge < -0.3 is 56.8 Å². The summed E-state index contributed by atoms with van der Waals surface area (Å²) in [5.41, 5.74) is 0. The molecular weight excluding hydrogens is 1440 g/mol. The van der Waals surface area contributed by atoms with Crippen LogP contribution in [0.25, 0.3) is 0 Å². The molecule has 4 rings (SSSR count). The standard InChI is InChI=1S/4C10H14Br2O5/c2*1-5(13)15-4-8-10(16-6(2)14)7(11)3-9(12)17-8;2*1-5(13)15-4-9-8(16-6(2)14)3-7(11)10(12)17-9/h4*7-10H,3-4H2,1-2H3. The first-order valence-corrected chi connectivity index (χ1v) is 27.9. The van der Waals surface area contributed by atoms with E-state index in [4.69, 9.17) is 56.8 Å². The molecule has 0 aromatic rings. The fourth-order valence-corrected chi connectivity index (χ4v) is 12.0. The zero-order chi connectivity index (χ0) is 52.0. The summed E-state index contributed by atoms with van der Waals surface area (Å²) in [6.45, 7) is 10.9. The van der Waals surface area contributed by atoms with Gasteiger partial charge in [0, 0.05) is 68.2 Å². The van der Waals surface area contributed by atoms with Crippen LogP contribution in [0, 0.1) is 0 Å². The molecule has 0 spiro atoms. The Morgan fingerprint density at radius 2 is 0.618 bits per heavy atom. The van der Waals surface area contributed by atoms with E-state index in [0.29, 0.717) is 25.7 Å². The largest absolute Gasteiger partial charge is 0.463 e. The molecule has 0 radical (unpaired) electrons. The van der Waals surface area contributed by atoms with Crippen LogP contribution in [0.15, 0.2) is 0 Å². The average molecular weight is 1500 g/mol. The predicted molar refractivity (Wildman–Crippen MR) is 268 cm³/mol. The molecule has 0 N–H and O–H groups in total. The first-order chi connectivity index (χ1) is 31.6. The monoisotopic (exact) mass is 1490 g/mol. The van der Waals surface area contributed by atoms with Gasteiger partial charge in [0.1, 0.15) is 95.3 Å². The minimum atomic E-state index is -0.467. The summed E-state index contributed by atoms with van der Waals surface area (Å²) in [6.07, 6.45) is -1.04. The van der Waals surface area contributed by atoms with Gasteiger partial charge in [-0.25, -0.2) is 0 Å². The molecule has 4 heterocycles. The van der Waals surface area contributed by atoms with E-state index in [1.165, 1.54) is 55.4 Å². The molecule has 4 aliphatic heterocycles. The average Bonchev–Trinajstić information content (AvgIpc) is 3.20. The summed E-state index contributed by atoms with van der Waals surface area (Å²) in [4.78, 5) is 87.0. The van der Waals surface area contributed by atoms with Gasteiger partial charge in [-0.2, -0.15) is 0 Å². The lowest BCUT2D eigenvalue weighted by Gasteiger charge is -2.36. The highest BCUT2D eigenvalue weighted by Gasteiger charge is 2.42. The SMILES string of the molecule is CC(=O)OCC1OC(Br)C(Br)CC1OC(C)=O.CC(=O)OCC1OC(Br)C(Br)CC1OC(C)=O.CC(=O)OCC1OC(Br)CC(Br)C1OC(C)=O.CC(=O)OCC1OC(Br)CC(Br)C1OC(C)=O. The van der Waals surface area contributed by atoms with Crippen LogP contribution in [-0.2, 0) is 95.2 Å². The summed E-state index contributed by atoms with van der Waals surface area (Å²) in [7, 11) is 0. The van der Waals surface area contributed by atoms with Crippen molar-refractivity contribution in [3.8, 4) is 0 Å². The second-order valence-electron chi connectivity index (χ2n) is 14.9. The molecule has 0 amide bonds. The normalized spacial score (nSPS) is 32.9. The number of hydrogen-bond donors (Lipinski definition) is 0. The van der Waals surface area contributed by atoms with Crippen LogP contribution in [0.2, 0.25) is 0 Å². The number of ether oxygens (including phenoxy) is 12. The molecule has 0 saturated carbocycles. The molecule has 28 heteroatoms. The van der Waals surface area contributed by atoms with Gasteiger partial charge in [-0.05, 0) is 12.8 Å². The third-order valence-electron chi connectivity index (χ3n) is 8.88. The fourth-order valence-electron chi connectivity index (χ4n) is 6.09. The molecule has 392 valence electrons. The minimum absolute atomic E-state index is 0.0370. The lowest BCUT2D eigenvalue weighted by molar-refractivity contribution is -0.172. The van der Waals surface area contributed by atoms with Gasteiger partial charge >= 0.3 is 47.8 Å². The van der Waals surface area contributed by atoms with Gasteiger partial charge in [0.05, 0.1) is 19.3 Å². The Kier molecular flexibility index (Phi) is 32.8. The van der Waals surface area contributed by atoms with E-state index in [2.05, 4.69) is 127 Å². The predicted octanol–water partition coefficient (Wildman–Crippen LogP) is 7.02. The third-order valence-corrected chi connectivity index (χ3v) is 16.7. The van der Waals surface area contributed by atoms with Gasteiger partial charge in [-0.1, -0.05) is 127 Å². The summed E-state index contributed by atoms with van der Waals surface area (Å²) in [5.74, 6) is -3.08. The lowest BCUT2D eigenvalue weighted by atomic mass is 10.1. The van der Waals surface area contributed by atoms with Crippen LogP contribution in [0.4, 0.5) is 0 Å². The summed E-state index contributed by atoms with van der Waals surface area (Å²) in [6, 6.07) is 0. The number of hydrogen-bond acceptors (Lipinski definition) is 20. The van der Waals surface area contributed by atoms with Crippen molar-refractivity contribution in [1.29, 1.82) is 0 Å². The van der Waals surface area contributed by atoms with Crippen molar-refractivity contribution >= 4 is 175 Å². The number of carbonyl (C=O) groups excluding carboxylic acids is 8. The third kappa shape index (κ3) is 27.5. The highest BCUT2D eigenvalue weighted by atomic mass is 79.9. The molecular formula is C40H56Br8O20. The van der Waals surface area contributed by atoms with Crippen molar-refractivity contribution in [2.75, 3.05) is 26.4 Å². The molecule has 4 fully saturated rings. The first kappa shape index (κ1) is 65.5. The van der Waals surface area contributed by atoms with Crippen molar-refractivity contribution in [2.24, 2.45) is 0 Å². The Morgan fingerprint density at radius 1 is 0.353 bits per heavy atom. The smallest absolute Gasteiger partial charge is 0.303 e. The molecule has 0 aliphatic carbocycles. The van der Waals surface area contributed by atoms with Crippen molar-refractivity contribution in [3.63, 3.8) is 0 Å². The Labute approximate surface area is 462 Å². The summed E-state index contributed by atoms with van der Waals surface area (Å²) in [5, 5.41) is -0.705. The lowest BCUT2D eigenvalue weighted by Crippen LogP contribution is -2.48. The Balaban J connectivity index is 0.000000453. The number of alkyl halides is 8. The molecule has 16 unspecified atom stereocenters. The van der Waals surface area contributed by atoms with Gasteiger partial charge in [0.25, 0.3) is 0 Å². The van der Waals surface area contributed by atoms with Crippen LogP contribution in [-0.4, -0.2) is 162 Å². The molecule has 4 saturated heterocycles. The van der Waals surface area contributed by atoms with E-state index in [1.54, 1.807) is 0 Å². The Morgan fingerprint density at radius 3 is 0.868 bits per heavy atom. The maximum atomic E-state index is 11.0. The maximum Gasteiger partial charge on any atom is 0.303 e. The molecule has 16 atom stereocenters. The number of halogens is 8. The molecule has 68 heavy (non-hydrogen) atoms. The molecule has 0 aromatic heterocycles. The van der Waals surface area contributed by atoms with Crippen molar-refractivity contribution in [2.45, 2.75) is 169 Å². The summed E-state index contributed by atoms with van der Waals surface area (Å²) < 4.78 is 62.5. The quantitative estimate of drug-likeness (QED) is 0.108. The minimum Gasteiger partial charge on any atom is -0.463 e. The van der Waals surface area contributed by atoms with E-state index in [1.807, 2.05) is 0 Å². The van der Waals surface area contributed by atoms with E-state index >= 15 is 0 Å². The number of esters is 8. The maximum absolute atomic E-state index is 11.0. The zero-order valence-corrected chi connectivity index (χ0v) is 50.8. The fraction of sp³-hybridized carbons (Fsp3) is 0.800. The van der Waals surface area contributed by atoms with Crippen LogP contribution in [0.1, 0.15) is 81.1 Å². The number of carbonyl (C=O) groups is 8. The molecule has 0 bridgehead atoms. The van der Waals surface area contributed by atoms with Crippen LogP contribution < -0.4 is 0 Å². The topological polar surface area (TPSA) is 247 Å². The second kappa shape index (κ2) is 34.0. The zero-order valence-electron chi connectivity index (χ0n) is 38.1. The van der Waals surface area contributed by atoms with Crippen LogP contribution in [0.5, 0.6) is 0 Å². The van der Waals surface area contributed by atoms with E-state index in [0.717, 1.165) is 0 Å². The van der Waals surface area contributed by atoms with Crippen LogP contribution in [0.3, 0.4) is 0 Å². The van der Waals surface area contributed by atoms with Gasteiger partial charge in [0.15, 0.2) is 0 Å². The van der Waals surface area contributed by atoms with Gasteiger partial charge in [0.2, 0.25) is 0 Å². The van der Waals surface area contributed by atoms with Gasteiger partial charge in [-0.3, -0.25) is 38.4 Å². The van der Waals surface area contributed by atoms with Crippen molar-refractivity contribution in [3.05, 3.63) is 0 Å². The van der Waals surface area contributed by atoms with E-state index in [-0.39, 0.29) is 102 Å². The van der Waals surface area contributed by atoms with Gasteiger partial charge in [-0.15, -0.1) is 0 Å². The van der Waals surface area contributed by atoms with E-state index in [9.17, 15) is 38.4 Å². The van der Waals surface area contributed by atoms with Crippen LogP contribution >= 0.6 is 127 Å². The Hall–Kier alpha value is -0.560. The highest BCUT2D eigenvalue weighted by molar-refractivity contribution is 9.12. The Bertz CT molecular complexity index is 1530. The molecule has 4 aliphatic rings. The van der Waals surface area contributed by atoms with Crippen molar-refractivity contribution in [1.82, 2.24) is 0 Å². The first-order valence-electron chi connectivity index (χ1n) is 20.6.